The minimum Gasteiger partial charge on any atom is -0.436 e. The van der Waals surface area contributed by atoms with Crippen molar-refractivity contribution >= 4 is 22.7 Å². The fraction of sp³-hybridized carbons (Fsp3) is 0. The van der Waals surface area contributed by atoms with Crippen LogP contribution in [0.25, 0.3) is 33.8 Å². The number of nitrogens with one attached hydrogen (secondary N) is 2. The van der Waals surface area contributed by atoms with Crippen LogP contribution in [0.3, 0.4) is 0 Å². The Morgan fingerprint density at radius 2 is 1.83 bits per heavy atom. The molecule has 5 rings (SSSR count). The molecule has 0 bridgehead atoms. The quantitative estimate of drug-likeness (QED) is 0.477. The van der Waals surface area contributed by atoms with Crippen LogP contribution < -0.4 is 5.32 Å². The number of aromatic nitrogens is 4. The Hall–Kier alpha value is -4.26. The highest BCUT2D eigenvalue weighted by atomic mass is 16.3. The Bertz CT molecular complexity index is 1260. The Balaban J connectivity index is 1.41. The first-order valence-electron chi connectivity index (χ1n) is 8.99. The molecule has 140 valence electrons. The summed E-state index contributed by atoms with van der Waals surface area (Å²) < 4.78 is 5.87. The van der Waals surface area contributed by atoms with Gasteiger partial charge in [0.15, 0.2) is 5.58 Å². The third-order valence-corrected chi connectivity index (χ3v) is 4.52. The highest BCUT2D eigenvalue weighted by molar-refractivity contribution is 6.04. The number of amides is 1. The molecular weight excluding hydrogens is 366 g/mol. The lowest BCUT2D eigenvalue weighted by Crippen LogP contribution is -2.11. The number of hydrogen-bond acceptors (Lipinski definition) is 5. The number of H-pyrrole nitrogens is 1. The Morgan fingerprint density at radius 3 is 2.62 bits per heavy atom. The third-order valence-electron chi connectivity index (χ3n) is 4.52. The molecule has 0 saturated carbocycles. The van der Waals surface area contributed by atoms with Crippen LogP contribution in [0.4, 0.5) is 5.69 Å². The van der Waals surface area contributed by atoms with E-state index in [-0.39, 0.29) is 5.91 Å². The minimum atomic E-state index is -0.209. The van der Waals surface area contributed by atoms with E-state index >= 15 is 0 Å². The number of oxazole rings is 1. The van der Waals surface area contributed by atoms with E-state index in [2.05, 4.69) is 25.5 Å². The van der Waals surface area contributed by atoms with Crippen molar-refractivity contribution < 1.29 is 9.21 Å². The van der Waals surface area contributed by atoms with Gasteiger partial charge in [-0.05, 0) is 36.4 Å². The van der Waals surface area contributed by atoms with Crippen molar-refractivity contribution in [3.05, 3.63) is 84.8 Å². The number of para-hydroxylation sites is 2. The van der Waals surface area contributed by atoms with E-state index < -0.39 is 0 Å². The molecule has 2 N–H and O–H groups in total. The third kappa shape index (κ3) is 3.25. The van der Waals surface area contributed by atoms with Crippen molar-refractivity contribution in [1.82, 2.24) is 20.2 Å². The highest BCUT2D eigenvalue weighted by Crippen LogP contribution is 2.32. The average molecular weight is 381 g/mol. The number of hydrogen-bond donors (Lipinski definition) is 2. The summed E-state index contributed by atoms with van der Waals surface area (Å²) >= 11 is 0. The first kappa shape index (κ1) is 16.9. The second-order valence-electron chi connectivity index (χ2n) is 6.42. The number of benzene rings is 2. The number of carbonyl (C=O) groups is 1. The SMILES string of the molecule is O=C(Nc1ccc(-c2[nH]ncc2-c2nc3ccccc3o2)cc1)c1cccnc1. The van der Waals surface area contributed by atoms with Gasteiger partial charge >= 0.3 is 0 Å². The normalized spacial score (nSPS) is 10.9. The fourth-order valence-electron chi connectivity index (χ4n) is 3.08. The molecule has 3 heterocycles. The second-order valence-corrected chi connectivity index (χ2v) is 6.42. The van der Waals surface area contributed by atoms with E-state index in [1.807, 2.05) is 48.5 Å². The number of rotatable bonds is 4. The van der Waals surface area contributed by atoms with Crippen LogP contribution in [-0.4, -0.2) is 26.1 Å². The number of anilines is 1. The van der Waals surface area contributed by atoms with Crippen LogP contribution in [0.5, 0.6) is 0 Å². The smallest absolute Gasteiger partial charge is 0.257 e. The maximum Gasteiger partial charge on any atom is 0.257 e. The molecule has 0 spiro atoms. The summed E-state index contributed by atoms with van der Waals surface area (Å²) in [4.78, 5) is 20.8. The molecule has 0 unspecified atom stereocenters. The van der Waals surface area contributed by atoms with Gasteiger partial charge < -0.3 is 9.73 Å². The summed E-state index contributed by atoms with van der Waals surface area (Å²) in [5, 5.41) is 10.0. The minimum absolute atomic E-state index is 0.209. The van der Waals surface area contributed by atoms with Crippen LogP contribution >= 0.6 is 0 Å². The monoisotopic (exact) mass is 381 g/mol. The zero-order chi connectivity index (χ0) is 19.6. The maximum absolute atomic E-state index is 12.3. The van der Waals surface area contributed by atoms with Gasteiger partial charge in [0, 0.05) is 23.6 Å². The van der Waals surface area contributed by atoms with Gasteiger partial charge in [-0.2, -0.15) is 5.10 Å². The highest BCUT2D eigenvalue weighted by Gasteiger charge is 2.16. The molecule has 0 saturated heterocycles. The largest absolute Gasteiger partial charge is 0.436 e. The summed E-state index contributed by atoms with van der Waals surface area (Å²) in [5.41, 5.74) is 5.18. The number of carbonyl (C=O) groups excluding carboxylic acids is 1. The first-order valence-corrected chi connectivity index (χ1v) is 8.99. The van der Waals surface area contributed by atoms with Gasteiger partial charge in [0.2, 0.25) is 5.89 Å². The van der Waals surface area contributed by atoms with Crippen LogP contribution in [0, 0.1) is 0 Å². The molecule has 0 fully saturated rings. The van der Waals surface area contributed by atoms with Gasteiger partial charge in [-0.1, -0.05) is 24.3 Å². The summed E-state index contributed by atoms with van der Waals surface area (Å²) in [5.74, 6) is 0.295. The lowest BCUT2D eigenvalue weighted by molar-refractivity contribution is 0.102. The molecule has 0 atom stereocenters. The van der Waals surface area contributed by atoms with Gasteiger partial charge in [0.25, 0.3) is 5.91 Å². The van der Waals surface area contributed by atoms with E-state index in [1.54, 1.807) is 24.5 Å². The standard InChI is InChI=1S/C22H15N5O2/c28-21(15-4-3-11-23-12-15)25-16-9-7-14(8-10-16)20-17(13-24-27-20)22-26-18-5-1-2-6-19(18)29-22/h1-13H,(H,24,27)(H,25,28). The van der Waals surface area contributed by atoms with Gasteiger partial charge in [-0.15, -0.1) is 0 Å². The zero-order valence-electron chi connectivity index (χ0n) is 15.2. The van der Waals surface area contributed by atoms with E-state index in [9.17, 15) is 4.79 Å². The Kier molecular flexibility index (Phi) is 4.10. The van der Waals surface area contributed by atoms with Crippen LogP contribution in [-0.2, 0) is 0 Å². The molecule has 2 aromatic carbocycles. The summed E-state index contributed by atoms with van der Waals surface area (Å²) in [7, 11) is 0. The molecule has 0 aliphatic heterocycles. The molecule has 3 aromatic heterocycles. The van der Waals surface area contributed by atoms with Gasteiger partial charge in [-0.3, -0.25) is 14.9 Å². The molecule has 29 heavy (non-hydrogen) atoms. The molecule has 7 nitrogen and oxygen atoms in total. The van der Waals surface area contributed by atoms with E-state index in [1.165, 1.54) is 6.20 Å². The van der Waals surface area contributed by atoms with Gasteiger partial charge in [-0.25, -0.2) is 4.98 Å². The number of pyridine rings is 1. The zero-order valence-corrected chi connectivity index (χ0v) is 15.2. The molecule has 1 amide bonds. The second kappa shape index (κ2) is 7.05. The van der Waals surface area contributed by atoms with Crippen molar-refractivity contribution in [2.75, 3.05) is 5.32 Å². The van der Waals surface area contributed by atoms with Crippen LogP contribution in [0.2, 0.25) is 0 Å². The Labute approximate surface area is 165 Å². The average Bonchev–Trinajstić information content (AvgIpc) is 3.42. The van der Waals surface area contributed by atoms with Gasteiger partial charge in [0.05, 0.1) is 23.0 Å². The molecule has 0 aliphatic carbocycles. The van der Waals surface area contributed by atoms with E-state index in [0.29, 0.717) is 17.1 Å². The summed E-state index contributed by atoms with van der Waals surface area (Å²) in [6.07, 6.45) is 4.85. The number of nitrogens with zero attached hydrogens (tertiary/aromatic N) is 3. The van der Waals surface area contributed by atoms with E-state index in [0.717, 1.165) is 27.9 Å². The van der Waals surface area contributed by atoms with Crippen molar-refractivity contribution in [1.29, 1.82) is 0 Å². The molecule has 7 heteroatoms. The summed E-state index contributed by atoms with van der Waals surface area (Å²) in [6.45, 7) is 0. The predicted molar refractivity (Wildman–Crippen MR) is 109 cm³/mol. The molecule has 0 radical (unpaired) electrons. The van der Waals surface area contributed by atoms with E-state index in [4.69, 9.17) is 4.42 Å². The number of aromatic amines is 1. The van der Waals surface area contributed by atoms with Crippen LogP contribution in [0.1, 0.15) is 10.4 Å². The maximum atomic E-state index is 12.3. The van der Waals surface area contributed by atoms with Gasteiger partial charge in [0.1, 0.15) is 5.52 Å². The van der Waals surface area contributed by atoms with Crippen molar-refractivity contribution in [3.63, 3.8) is 0 Å². The topological polar surface area (TPSA) is 96.7 Å². The van der Waals surface area contributed by atoms with Crippen molar-refractivity contribution in [2.24, 2.45) is 0 Å². The van der Waals surface area contributed by atoms with Crippen molar-refractivity contribution in [2.45, 2.75) is 0 Å². The Morgan fingerprint density at radius 1 is 0.966 bits per heavy atom. The van der Waals surface area contributed by atoms with Crippen LogP contribution in [0.15, 0.2) is 83.7 Å². The lowest BCUT2D eigenvalue weighted by Gasteiger charge is -2.06. The van der Waals surface area contributed by atoms with Crippen molar-refractivity contribution in [3.8, 4) is 22.7 Å². The fourth-order valence-corrected chi connectivity index (χ4v) is 3.08. The lowest BCUT2D eigenvalue weighted by atomic mass is 10.1. The predicted octanol–water partition coefficient (Wildman–Crippen LogP) is 4.53. The summed E-state index contributed by atoms with van der Waals surface area (Å²) in [6, 6.07) is 18.5. The molecule has 0 aliphatic rings. The molecular formula is C22H15N5O2. The number of fused-ring (bicyclic) bond motifs is 1. The first-order chi connectivity index (χ1) is 14.3. The molecule has 5 aromatic rings.